The molecule has 0 heterocycles. The standard InChI is InChI=1S/C24H32N2O5S/c1-15(2)20-11-18(24(28)29)12-21(16(3)4)22(20)13-23(27)25-32(30,31)19-9-7-17(8-10-19)14-26(5)6/h7-12,15-16H,13-14H2,1-6H3,(H,25,27)(H,28,29). The Morgan fingerprint density at radius 1 is 0.969 bits per heavy atom. The first-order chi connectivity index (χ1) is 14.8. The molecular formula is C24H32N2O5S. The summed E-state index contributed by atoms with van der Waals surface area (Å²) in [7, 11) is -0.177. The molecule has 0 aliphatic heterocycles. The number of hydrogen-bond donors (Lipinski definition) is 2. The van der Waals surface area contributed by atoms with E-state index < -0.39 is 21.9 Å². The van der Waals surface area contributed by atoms with Gasteiger partial charge in [-0.2, -0.15) is 0 Å². The van der Waals surface area contributed by atoms with E-state index in [1.807, 2.05) is 46.7 Å². The maximum Gasteiger partial charge on any atom is 0.335 e. The van der Waals surface area contributed by atoms with Crippen molar-refractivity contribution in [3.8, 4) is 0 Å². The summed E-state index contributed by atoms with van der Waals surface area (Å²) in [6.45, 7) is 8.34. The number of carbonyl (C=O) groups is 2. The molecule has 32 heavy (non-hydrogen) atoms. The third kappa shape index (κ3) is 6.40. The summed E-state index contributed by atoms with van der Waals surface area (Å²) in [5.41, 5.74) is 3.26. The first-order valence-electron chi connectivity index (χ1n) is 10.5. The first-order valence-corrected chi connectivity index (χ1v) is 12.0. The monoisotopic (exact) mass is 460 g/mol. The molecule has 0 spiro atoms. The van der Waals surface area contributed by atoms with Crippen molar-refractivity contribution in [3.63, 3.8) is 0 Å². The van der Waals surface area contributed by atoms with Crippen molar-refractivity contribution >= 4 is 21.9 Å². The van der Waals surface area contributed by atoms with Crippen molar-refractivity contribution in [3.05, 3.63) is 64.2 Å². The largest absolute Gasteiger partial charge is 0.478 e. The van der Waals surface area contributed by atoms with E-state index in [0.29, 0.717) is 12.1 Å². The van der Waals surface area contributed by atoms with Gasteiger partial charge in [0.2, 0.25) is 5.91 Å². The molecule has 2 N–H and O–H groups in total. The lowest BCUT2D eigenvalue weighted by Crippen LogP contribution is -2.32. The van der Waals surface area contributed by atoms with Gasteiger partial charge in [-0.05, 0) is 72.5 Å². The maximum atomic E-state index is 12.8. The van der Waals surface area contributed by atoms with Gasteiger partial charge in [0.25, 0.3) is 10.0 Å². The Balaban J connectivity index is 2.33. The number of carboxylic acids is 1. The molecule has 0 bridgehead atoms. The van der Waals surface area contributed by atoms with Crippen LogP contribution >= 0.6 is 0 Å². The molecule has 2 rings (SSSR count). The second kappa shape index (κ2) is 10.3. The number of carboxylic acid groups (broad SMARTS) is 1. The van der Waals surface area contributed by atoms with Crippen molar-refractivity contribution in [2.24, 2.45) is 0 Å². The maximum absolute atomic E-state index is 12.8. The molecule has 0 aliphatic carbocycles. The van der Waals surface area contributed by atoms with Gasteiger partial charge in [0.15, 0.2) is 0 Å². The fourth-order valence-electron chi connectivity index (χ4n) is 3.62. The minimum atomic E-state index is -4.02. The summed E-state index contributed by atoms with van der Waals surface area (Å²) in [6.07, 6.45) is -0.154. The number of aromatic carboxylic acids is 1. The molecule has 0 aliphatic rings. The lowest BCUT2D eigenvalue weighted by atomic mass is 9.85. The van der Waals surface area contributed by atoms with Crippen LogP contribution in [0, 0.1) is 0 Å². The van der Waals surface area contributed by atoms with Crippen LogP contribution in [0.5, 0.6) is 0 Å². The highest BCUT2D eigenvalue weighted by molar-refractivity contribution is 7.90. The summed E-state index contributed by atoms with van der Waals surface area (Å²) < 4.78 is 27.6. The molecule has 0 saturated carbocycles. The predicted molar refractivity (Wildman–Crippen MR) is 124 cm³/mol. The first kappa shape index (κ1) is 25.5. The average Bonchev–Trinajstić information content (AvgIpc) is 2.66. The molecule has 1 amide bonds. The van der Waals surface area contributed by atoms with E-state index in [9.17, 15) is 23.1 Å². The number of nitrogens with zero attached hydrogens (tertiary/aromatic N) is 1. The van der Waals surface area contributed by atoms with Gasteiger partial charge in [-0.15, -0.1) is 0 Å². The van der Waals surface area contributed by atoms with E-state index >= 15 is 0 Å². The molecule has 0 unspecified atom stereocenters. The third-order valence-electron chi connectivity index (χ3n) is 5.13. The van der Waals surface area contributed by atoms with Crippen LogP contribution < -0.4 is 4.72 Å². The summed E-state index contributed by atoms with van der Waals surface area (Å²) in [5, 5.41) is 9.46. The molecule has 0 saturated heterocycles. The van der Waals surface area contributed by atoms with Crippen LogP contribution in [0.4, 0.5) is 0 Å². The number of benzene rings is 2. The zero-order valence-corrected chi connectivity index (χ0v) is 20.3. The minimum Gasteiger partial charge on any atom is -0.478 e. The highest BCUT2D eigenvalue weighted by Crippen LogP contribution is 2.30. The molecule has 8 heteroatoms. The number of hydrogen-bond acceptors (Lipinski definition) is 5. The van der Waals surface area contributed by atoms with E-state index in [2.05, 4.69) is 4.72 Å². The Kier molecular flexibility index (Phi) is 8.20. The molecule has 0 atom stereocenters. The van der Waals surface area contributed by atoms with Crippen LogP contribution in [0.25, 0.3) is 0 Å². The van der Waals surface area contributed by atoms with Gasteiger partial charge in [0.1, 0.15) is 0 Å². The Bertz CT molecular complexity index is 1060. The average molecular weight is 461 g/mol. The van der Waals surface area contributed by atoms with Crippen molar-refractivity contribution < 1.29 is 23.1 Å². The Labute approximate surface area is 190 Å². The molecule has 7 nitrogen and oxygen atoms in total. The van der Waals surface area contributed by atoms with Crippen LogP contribution in [0.1, 0.15) is 72.1 Å². The highest BCUT2D eigenvalue weighted by Gasteiger charge is 2.23. The van der Waals surface area contributed by atoms with Gasteiger partial charge >= 0.3 is 5.97 Å². The summed E-state index contributed by atoms with van der Waals surface area (Å²) in [6, 6.07) is 9.54. The molecule has 174 valence electrons. The van der Waals surface area contributed by atoms with Gasteiger partial charge in [-0.3, -0.25) is 4.79 Å². The summed E-state index contributed by atoms with van der Waals surface area (Å²) in [4.78, 5) is 26.3. The molecule has 0 radical (unpaired) electrons. The fraction of sp³-hybridized carbons (Fsp3) is 0.417. The van der Waals surface area contributed by atoms with E-state index in [-0.39, 0.29) is 28.7 Å². The van der Waals surface area contributed by atoms with Gasteiger partial charge in [0, 0.05) is 6.54 Å². The smallest absolute Gasteiger partial charge is 0.335 e. The van der Waals surface area contributed by atoms with Gasteiger partial charge < -0.3 is 10.0 Å². The van der Waals surface area contributed by atoms with Crippen LogP contribution in [-0.2, 0) is 27.8 Å². The van der Waals surface area contributed by atoms with Gasteiger partial charge in [-0.25, -0.2) is 17.9 Å². The zero-order valence-electron chi connectivity index (χ0n) is 19.5. The number of sulfonamides is 1. The Morgan fingerprint density at radius 2 is 1.47 bits per heavy atom. The third-order valence-corrected chi connectivity index (χ3v) is 6.52. The van der Waals surface area contributed by atoms with E-state index in [4.69, 9.17) is 0 Å². The fourth-order valence-corrected chi connectivity index (χ4v) is 4.60. The number of amides is 1. The Morgan fingerprint density at radius 3 is 1.88 bits per heavy atom. The molecule has 2 aromatic rings. The SMILES string of the molecule is CC(C)c1cc(C(=O)O)cc(C(C)C)c1CC(=O)NS(=O)(=O)c1ccc(CN(C)C)cc1. The lowest BCUT2D eigenvalue weighted by Gasteiger charge is -2.20. The quantitative estimate of drug-likeness (QED) is 0.591. The van der Waals surface area contributed by atoms with Gasteiger partial charge in [-0.1, -0.05) is 39.8 Å². The highest BCUT2D eigenvalue weighted by atomic mass is 32.2. The van der Waals surface area contributed by atoms with E-state index in [0.717, 1.165) is 16.7 Å². The van der Waals surface area contributed by atoms with E-state index in [1.165, 1.54) is 12.1 Å². The number of carbonyl (C=O) groups excluding carboxylic acids is 1. The minimum absolute atomic E-state index is 0.0164. The van der Waals surface area contributed by atoms with Crippen LogP contribution in [-0.4, -0.2) is 44.4 Å². The van der Waals surface area contributed by atoms with Crippen molar-refractivity contribution in [1.29, 1.82) is 0 Å². The summed E-state index contributed by atoms with van der Waals surface area (Å²) in [5.74, 6) is -1.76. The van der Waals surface area contributed by atoms with Crippen LogP contribution in [0.15, 0.2) is 41.3 Å². The zero-order chi connectivity index (χ0) is 24.2. The molecule has 2 aromatic carbocycles. The van der Waals surface area contributed by atoms with Crippen molar-refractivity contribution in [1.82, 2.24) is 9.62 Å². The molecular weight excluding hydrogens is 428 g/mol. The molecule has 0 fully saturated rings. The van der Waals surface area contributed by atoms with Crippen molar-refractivity contribution in [2.45, 2.75) is 57.4 Å². The number of nitrogens with one attached hydrogen (secondary N) is 1. The lowest BCUT2D eigenvalue weighted by molar-refractivity contribution is -0.118. The van der Waals surface area contributed by atoms with E-state index in [1.54, 1.807) is 24.3 Å². The van der Waals surface area contributed by atoms with Crippen molar-refractivity contribution in [2.75, 3.05) is 14.1 Å². The number of rotatable bonds is 9. The topological polar surface area (TPSA) is 104 Å². The van der Waals surface area contributed by atoms with Crippen LogP contribution in [0.3, 0.4) is 0 Å². The second-order valence-corrected chi connectivity index (χ2v) is 10.5. The normalized spacial score (nSPS) is 11.9. The van der Waals surface area contributed by atoms with Gasteiger partial charge in [0.05, 0.1) is 16.9 Å². The predicted octanol–water partition coefficient (Wildman–Crippen LogP) is 3.74. The second-order valence-electron chi connectivity index (χ2n) is 8.83. The van der Waals surface area contributed by atoms with Crippen LogP contribution in [0.2, 0.25) is 0 Å². The Hall–Kier alpha value is -2.71. The molecule has 0 aromatic heterocycles. The summed E-state index contributed by atoms with van der Waals surface area (Å²) >= 11 is 0.